The minimum atomic E-state index is -0.740. The van der Waals surface area contributed by atoms with Crippen molar-refractivity contribution in [3.63, 3.8) is 0 Å². The van der Waals surface area contributed by atoms with Gasteiger partial charge < -0.3 is 10.4 Å². The smallest absolute Gasteiger partial charge is 0.244 e. The highest BCUT2D eigenvalue weighted by molar-refractivity contribution is 6.30. The Morgan fingerprint density at radius 1 is 1.29 bits per heavy atom. The molecule has 0 radical (unpaired) electrons. The molecule has 0 heterocycles. The Hall–Kier alpha value is -1.32. The zero-order chi connectivity index (χ0) is 15.1. The third-order valence-electron chi connectivity index (χ3n) is 3.90. The van der Waals surface area contributed by atoms with Crippen molar-refractivity contribution >= 4 is 23.6 Å². The number of carbonyl (C=O) groups is 1. The van der Waals surface area contributed by atoms with Gasteiger partial charge in [0.05, 0.1) is 5.60 Å². The summed E-state index contributed by atoms with van der Waals surface area (Å²) in [5, 5.41) is 13.9. The van der Waals surface area contributed by atoms with Crippen LogP contribution in [-0.4, -0.2) is 23.2 Å². The van der Waals surface area contributed by atoms with Crippen molar-refractivity contribution in [2.75, 3.05) is 6.54 Å². The van der Waals surface area contributed by atoms with E-state index in [0.29, 0.717) is 11.6 Å². The van der Waals surface area contributed by atoms with Gasteiger partial charge in [-0.3, -0.25) is 4.79 Å². The standard InChI is InChI=1S/C17H22ClNO2/c18-15-7-5-6-14(12-15)8-9-16(20)19-13-17(21)10-3-1-2-4-11-17/h5-9,12,21H,1-4,10-11,13H2,(H,19,20). The molecule has 1 fully saturated rings. The van der Waals surface area contributed by atoms with Crippen LogP contribution in [0.15, 0.2) is 30.3 Å². The van der Waals surface area contributed by atoms with Gasteiger partial charge in [-0.1, -0.05) is 49.4 Å². The molecule has 114 valence electrons. The molecule has 1 amide bonds. The number of hydrogen-bond donors (Lipinski definition) is 2. The van der Waals surface area contributed by atoms with Crippen LogP contribution in [-0.2, 0) is 4.79 Å². The van der Waals surface area contributed by atoms with Gasteiger partial charge in [0.25, 0.3) is 0 Å². The van der Waals surface area contributed by atoms with Crippen LogP contribution < -0.4 is 5.32 Å². The fourth-order valence-corrected chi connectivity index (χ4v) is 2.85. The Kier molecular flexibility index (Phi) is 5.83. The van der Waals surface area contributed by atoms with Crippen LogP contribution in [0, 0.1) is 0 Å². The van der Waals surface area contributed by atoms with Gasteiger partial charge in [0, 0.05) is 17.6 Å². The summed E-state index contributed by atoms with van der Waals surface area (Å²) < 4.78 is 0. The van der Waals surface area contributed by atoms with Crippen LogP contribution in [0.3, 0.4) is 0 Å². The Morgan fingerprint density at radius 3 is 2.67 bits per heavy atom. The van der Waals surface area contributed by atoms with Crippen LogP contribution in [0.1, 0.15) is 44.1 Å². The highest BCUT2D eigenvalue weighted by atomic mass is 35.5. The Bertz CT molecular complexity index is 505. The number of rotatable bonds is 4. The van der Waals surface area contributed by atoms with E-state index in [-0.39, 0.29) is 5.91 Å². The maximum absolute atomic E-state index is 11.8. The van der Waals surface area contributed by atoms with Gasteiger partial charge in [-0.05, 0) is 36.6 Å². The quantitative estimate of drug-likeness (QED) is 0.660. The van der Waals surface area contributed by atoms with Crippen molar-refractivity contribution in [1.29, 1.82) is 0 Å². The minimum absolute atomic E-state index is 0.187. The summed E-state index contributed by atoms with van der Waals surface area (Å²) in [6, 6.07) is 7.31. The number of carbonyl (C=O) groups excluding carboxylic acids is 1. The predicted octanol–water partition coefficient (Wildman–Crippen LogP) is 3.55. The molecule has 0 aromatic heterocycles. The van der Waals surface area contributed by atoms with Gasteiger partial charge >= 0.3 is 0 Å². The number of aliphatic hydroxyl groups is 1. The molecule has 0 bridgehead atoms. The van der Waals surface area contributed by atoms with E-state index in [1.807, 2.05) is 12.1 Å². The van der Waals surface area contributed by atoms with E-state index >= 15 is 0 Å². The lowest BCUT2D eigenvalue weighted by atomic mass is 9.94. The zero-order valence-electron chi connectivity index (χ0n) is 12.1. The zero-order valence-corrected chi connectivity index (χ0v) is 12.9. The van der Waals surface area contributed by atoms with Crippen molar-refractivity contribution < 1.29 is 9.90 Å². The van der Waals surface area contributed by atoms with E-state index < -0.39 is 5.60 Å². The maximum atomic E-state index is 11.8. The van der Waals surface area contributed by atoms with Gasteiger partial charge in [0.2, 0.25) is 5.91 Å². The number of nitrogens with one attached hydrogen (secondary N) is 1. The molecule has 0 saturated heterocycles. The summed E-state index contributed by atoms with van der Waals surface area (Å²) in [6.07, 6.45) is 9.14. The highest BCUT2D eigenvalue weighted by Crippen LogP contribution is 2.26. The largest absolute Gasteiger partial charge is 0.388 e. The number of benzene rings is 1. The van der Waals surface area contributed by atoms with Crippen LogP contribution >= 0.6 is 11.6 Å². The topological polar surface area (TPSA) is 49.3 Å². The summed E-state index contributed by atoms with van der Waals surface area (Å²) >= 11 is 5.89. The van der Waals surface area contributed by atoms with E-state index in [0.717, 1.165) is 31.2 Å². The van der Waals surface area contributed by atoms with Crippen molar-refractivity contribution in [3.05, 3.63) is 40.9 Å². The fraction of sp³-hybridized carbons (Fsp3) is 0.471. The van der Waals surface area contributed by atoms with Crippen molar-refractivity contribution in [3.8, 4) is 0 Å². The first-order valence-corrected chi connectivity index (χ1v) is 7.89. The molecular formula is C17H22ClNO2. The normalized spacial score (nSPS) is 18.4. The summed E-state index contributed by atoms with van der Waals surface area (Å²) in [5.41, 5.74) is 0.140. The second-order valence-corrected chi connectivity index (χ2v) is 6.18. The lowest BCUT2D eigenvalue weighted by Gasteiger charge is -2.26. The minimum Gasteiger partial charge on any atom is -0.388 e. The lowest BCUT2D eigenvalue weighted by Crippen LogP contribution is -2.42. The molecule has 21 heavy (non-hydrogen) atoms. The van der Waals surface area contributed by atoms with Crippen LogP contribution in [0.25, 0.3) is 6.08 Å². The van der Waals surface area contributed by atoms with Crippen molar-refractivity contribution in [2.45, 2.75) is 44.1 Å². The van der Waals surface area contributed by atoms with Gasteiger partial charge in [0.1, 0.15) is 0 Å². The molecule has 0 unspecified atom stereocenters. The Labute approximate surface area is 131 Å². The molecule has 0 aliphatic heterocycles. The van der Waals surface area contributed by atoms with Crippen LogP contribution in [0.2, 0.25) is 5.02 Å². The van der Waals surface area contributed by atoms with Gasteiger partial charge in [-0.2, -0.15) is 0 Å². The Balaban J connectivity index is 1.84. The highest BCUT2D eigenvalue weighted by Gasteiger charge is 2.27. The molecule has 4 heteroatoms. The third kappa shape index (κ3) is 5.52. The number of hydrogen-bond acceptors (Lipinski definition) is 2. The first-order chi connectivity index (χ1) is 10.1. The molecule has 2 N–H and O–H groups in total. The summed E-state index contributed by atoms with van der Waals surface area (Å²) in [5.74, 6) is -0.187. The second kappa shape index (κ2) is 7.62. The second-order valence-electron chi connectivity index (χ2n) is 5.74. The molecule has 3 nitrogen and oxygen atoms in total. The van der Waals surface area contributed by atoms with Gasteiger partial charge in [-0.25, -0.2) is 0 Å². The molecule has 2 rings (SSSR count). The molecular weight excluding hydrogens is 286 g/mol. The van der Waals surface area contributed by atoms with E-state index in [4.69, 9.17) is 11.6 Å². The van der Waals surface area contributed by atoms with Gasteiger partial charge in [0.15, 0.2) is 0 Å². The van der Waals surface area contributed by atoms with Crippen LogP contribution in [0.4, 0.5) is 0 Å². The molecule has 0 atom stereocenters. The summed E-state index contributed by atoms with van der Waals surface area (Å²) in [7, 11) is 0. The average molecular weight is 308 g/mol. The van der Waals surface area contributed by atoms with Crippen molar-refractivity contribution in [2.24, 2.45) is 0 Å². The molecule has 1 aromatic rings. The average Bonchev–Trinajstić information content (AvgIpc) is 2.68. The van der Waals surface area contributed by atoms with Gasteiger partial charge in [-0.15, -0.1) is 0 Å². The first kappa shape index (κ1) is 16.1. The molecule has 1 saturated carbocycles. The lowest BCUT2D eigenvalue weighted by molar-refractivity contribution is -0.117. The molecule has 1 aliphatic rings. The predicted molar refractivity (Wildman–Crippen MR) is 86.1 cm³/mol. The van der Waals surface area contributed by atoms with Crippen molar-refractivity contribution in [1.82, 2.24) is 5.32 Å². The van der Waals surface area contributed by atoms with E-state index in [2.05, 4.69) is 5.32 Å². The number of amides is 1. The van der Waals surface area contributed by atoms with E-state index in [1.54, 1.807) is 18.2 Å². The van der Waals surface area contributed by atoms with E-state index in [1.165, 1.54) is 18.9 Å². The maximum Gasteiger partial charge on any atom is 0.244 e. The number of halogens is 1. The summed E-state index contributed by atoms with van der Waals surface area (Å²) in [6.45, 7) is 0.325. The first-order valence-electron chi connectivity index (χ1n) is 7.51. The molecule has 0 spiro atoms. The summed E-state index contributed by atoms with van der Waals surface area (Å²) in [4.78, 5) is 11.8. The SMILES string of the molecule is O=C(C=Cc1cccc(Cl)c1)NCC1(O)CCCCCC1. The van der Waals surface area contributed by atoms with Crippen LogP contribution in [0.5, 0.6) is 0 Å². The Morgan fingerprint density at radius 2 is 2.00 bits per heavy atom. The molecule has 1 aromatic carbocycles. The van der Waals surface area contributed by atoms with E-state index in [9.17, 15) is 9.90 Å². The fourth-order valence-electron chi connectivity index (χ4n) is 2.66. The third-order valence-corrected chi connectivity index (χ3v) is 4.14. The monoisotopic (exact) mass is 307 g/mol. The molecule has 1 aliphatic carbocycles.